The Hall–Kier alpha value is -0.673. The van der Waals surface area contributed by atoms with Crippen LogP contribution in [0, 0.1) is 0 Å². The van der Waals surface area contributed by atoms with Gasteiger partial charge in [0.15, 0.2) is 0 Å². The van der Waals surface area contributed by atoms with Crippen LogP contribution in [-0.4, -0.2) is 8.32 Å². The molecule has 1 aromatic rings. The zero-order valence-corrected chi connectivity index (χ0v) is 9.85. The molecule has 2 nitrogen and oxygen atoms in total. The molecule has 0 saturated heterocycles. The van der Waals surface area contributed by atoms with Crippen LogP contribution >= 0.6 is 11.6 Å². The highest BCUT2D eigenvalue weighted by Crippen LogP contribution is 2.25. The van der Waals surface area contributed by atoms with E-state index >= 15 is 0 Å². The molecule has 0 atom stereocenters. The molecule has 1 rings (SSSR count). The molecule has 0 heterocycles. The maximum absolute atomic E-state index is 5.85. The van der Waals surface area contributed by atoms with E-state index in [-0.39, 0.29) is 0 Å². The third-order valence-electron chi connectivity index (χ3n) is 1.40. The van der Waals surface area contributed by atoms with Crippen LogP contribution in [0.25, 0.3) is 0 Å². The maximum atomic E-state index is 5.85. The van der Waals surface area contributed by atoms with Crippen molar-refractivity contribution in [2.24, 2.45) is 0 Å². The molecule has 0 spiro atoms. The Morgan fingerprint density at radius 3 is 2.38 bits per heavy atom. The highest BCUT2D eigenvalue weighted by Gasteiger charge is 2.16. The molecule has 1 aromatic carbocycles. The van der Waals surface area contributed by atoms with Gasteiger partial charge in [-0.15, -0.1) is 0 Å². The van der Waals surface area contributed by atoms with Crippen molar-refractivity contribution in [2.45, 2.75) is 19.6 Å². The van der Waals surface area contributed by atoms with E-state index in [4.69, 9.17) is 21.8 Å². The Labute approximate surface area is 84.8 Å². The van der Waals surface area contributed by atoms with Gasteiger partial charge in [-0.25, -0.2) is 0 Å². The van der Waals surface area contributed by atoms with Crippen molar-refractivity contribution in [3.63, 3.8) is 0 Å². The van der Waals surface area contributed by atoms with Crippen LogP contribution in [0.15, 0.2) is 18.2 Å². The molecule has 2 N–H and O–H groups in total. The topological polar surface area (TPSA) is 35.2 Å². The fourth-order valence-electron chi connectivity index (χ4n) is 0.925. The van der Waals surface area contributed by atoms with Gasteiger partial charge in [0, 0.05) is 0 Å². The van der Waals surface area contributed by atoms with Crippen molar-refractivity contribution in [1.82, 2.24) is 0 Å². The molecule has 72 valence electrons. The summed E-state index contributed by atoms with van der Waals surface area (Å²) in [6.45, 7) is 6.37. The van der Waals surface area contributed by atoms with Crippen LogP contribution in [-0.2, 0) is 0 Å². The standard InChI is InChI=1S/C9H14ClNOSi/c1-13(2,3)12-7-4-5-9(11)8(10)6-7/h4-6H,11H2,1-3H3. The van der Waals surface area contributed by atoms with Gasteiger partial charge < -0.3 is 10.2 Å². The number of hydrogen-bond donors (Lipinski definition) is 1. The smallest absolute Gasteiger partial charge is 0.242 e. The van der Waals surface area contributed by atoms with Gasteiger partial charge in [0.2, 0.25) is 8.32 Å². The fourth-order valence-corrected chi connectivity index (χ4v) is 1.93. The van der Waals surface area contributed by atoms with Crippen LogP contribution < -0.4 is 10.2 Å². The molecule has 0 aliphatic heterocycles. The van der Waals surface area contributed by atoms with E-state index < -0.39 is 8.32 Å². The SMILES string of the molecule is C[Si](C)(C)Oc1ccc(N)c(Cl)c1. The lowest BCUT2D eigenvalue weighted by atomic mass is 10.3. The van der Waals surface area contributed by atoms with Crippen molar-refractivity contribution in [2.75, 3.05) is 5.73 Å². The largest absolute Gasteiger partial charge is 0.544 e. The Kier molecular flexibility index (Phi) is 2.88. The Bertz CT molecular complexity index is 309. The molecule has 0 bridgehead atoms. The van der Waals surface area contributed by atoms with Gasteiger partial charge in [0.1, 0.15) is 5.75 Å². The summed E-state index contributed by atoms with van der Waals surface area (Å²) in [6, 6.07) is 5.37. The summed E-state index contributed by atoms with van der Waals surface area (Å²) in [5.74, 6) is 0.804. The number of rotatable bonds is 2. The van der Waals surface area contributed by atoms with Crippen LogP contribution in [0.4, 0.5) is 5.69 Å². The molecule has 0 saturated carbocycles. The summed E-state index contributed by atoms with van der Waals surface area (Å²) in [7, 11) is -1.54. The Balaban J connectivity index is 2.86. The second-order valence-corrected chi connectivity index (χ2v) is 8.73. The van der Waals surface area contributed by atoms with Crippen LogP contribution in [0.1, 0.15) is 0 Å². The minimum absolute atomic E-state index is 0.552. The quantitative estimate of drug-likeness (QED) is 0.608. The highest BCUT2D eigenvalue weighted by molar-refractivity contribution is 6.70. The summed E-state index contributed by atoms with van der Waals surface area (Å²) < 4.78 is 5.74. The lowest BCUT2D eigenvalue weighted by Gasteiger charge is -2.19. The molecule has 0 unspecified atom stereocenters. The summed E-state index contributed by atoms with van der Waals surface area (Å²) in [6.07, 6.45) is 0. The van der Waals surface area contributed by atoms with Gasteiger partial charge in [-0.2, -0.15) is 0 Å². The van der Waals surface area contributed by atoms with Gasteiger partial charge in [-0.3, -0.25) is 0 Å². The van der Waals surface area contributed by atoms with E-state index in [1.807, 2.05) is 6.07 Å². The van der Waals surface area contributed by atoms with Crippen molar-refractivity contribution in [1.29, 1.82) is 0 Å². The number of benzene rings is 1. The number of halogens is 1. The first kappa shape index (κ1) is 10.4. The average Bonchev–Trinajstić information content (AvgIpc) is 1.94. The lowest BCUT2D eigenvalue weighted by molar-refractivity contribution is 0.558. The van der Waals surface area contributed by atoms with Crippen molar-refractivity contribution in [3.05, 3.63) is 23.2 Å². The molecule has 13 heavy (non-hydrogen) atoms. The van der Waals surface area contributed by atoms with Gasteiger partial charge in [0.05, 0.1) is 10.7 Å². The number of nitrogen functional groups attached to an aromatic ring is 1. The molecule has 0 fully saturated rings. The van der Waals surface area contributed by atoms with Crippen molar-refractivity contribution < 1.29 is 4.43 Å². The summed E-state index contributed by atoms with van der Waals surface area (Å²) in [5, 5.41) is 0.552. The third-order valence-corrected chi connectivity index (χ3v) is 2.57. The van der Waals surface area contributed by atoms with E-state index in [2.05, 4.69) is 19.6 Å². The van der Waals surface area contributed by atoms with E-state index in [0.29, 0.717) is 10.7 Å². The number of nitrogens with two attached hydrogens (primary N) is 1. The van der Waals surface area contributed by atoms with Crippen LogP contribution in [0.5, 0.6) is 5.75 Å². The maximum Gasteiger partial charge on any atom is 0.242 e. The normalized spacial score (nSPS) is 11.4. The first-order valence-corrected chi connectivity index (χ1v) is 7.91. The van der Waals surface area contributed by atoms with Gasteiger partial charge in [-0.05, 0) is 37.8 Å². The predicted octanol–water partition coefficient (Wildman–Crippen LogP) is 3.14. The summed E-state index contributed by atoms with van der Waals surface area (Å²) >= 11 is 5.85. The molecule has 0 aromatic heterocycles. The molecule has 4 heteroatoms. The fraction of sp³-hybridized carbons (Fsp3) is 0.333. The minimum atomic E-state index is -1.54. The number of anilines is 1. The third kappa shape index (κ3) is 3.28. The second kappa shape index (κ2) is 3.60. The molecule has 0 aliphatic carbocycles. The molecule has 0 amide bonds. The monoisotopic (exact) mass is 215 g/mol. The van der Waals surface area contributed by atoms with Crippen molar-refractivity contribution >= 4 is 25.6 Å². The summed E-state index contributed by atoms with van der Waals surface area (Å²) in [4.78, 5) is 0. The Morgan fingerprint density at radius 2 is 1.92 bits per heavy atom. The van der Waals surface area contributed by atoms with E-state index in [1.54, 1.807) is 12.1 Å². The van der Waals surface area contributed by atoms with Gasteiger partial charge in [-0.1, -0.05) is 11.6 Å². The van der Waals surface area contributed by atoms with Gasteiger partial charge in [0.25, 0.3) is 0 Å². The van der Waals surface area contributed by atoms with Gasteiger partial charge >= 0.3 is 0 Å². The average molecular weight is 216 g/mol. The molecular weight excluding hydrogens is 202 g/mol. The first-order chi connectivity index (χ1) is 5.88. The second-order valence-electron chi connectivity index (χ2n) is 3.90. The Morgan fingerprint density at radius 1 is 1.31 bits per heavy atom. The predicted molar refractivity (Wildman–Crippen MR) is 59.8 cm³/mol. The zero-order chi connectivity index (χ0) is 10.1. The van der Waals surface area contributed by atoms with E-state index in [0.717, 1.165) is 5.75 Å². The lowest BCUT2D eigenvalue weighted by Crippen LogP contribution is -2.29. The van der Waals surface area contributed by atoms with Crippen LogP contribution in [0.3, 0.4) is 0 Å². The summed E-state index contributed by atoms with van der Waals surface area (Å²) in [5.41, 5.74) is 6.16. The molecular formula is C9H14ClNOSi. The molecule has 0 radical (unpaired) electrons. The highest BCUT2D eigenvalue weighted by atomic mass is 35.5. The van der Waals surface area contributed by atoms with Crippen molar-refractivity contribution in [3.8, 4) is 5.75 Å². The van der Waals surface area contributed by atoms with E-state index in [9.17, 15) is 0 Å². The van der Waals surface area contributed by atoms with Crippen LogP contribution in [0.2, 0.25) is 24.7 Å². The van der Waals surface area contributed by atoms with E-state index in [1.165, 1.54) is 0 Å². The molecule has 0 aliphatic rings. The zero-order valence-electron chi connectivity index (χ0n) is 8.10. The minimum Gasteiger partial charge on any atom is -0.544 e. The number of hydrogen-bond acceptors (Lipinski definition) is 2. The first-order valence-electron chi connectivity index (χ1n) is 4.12.